The minimum atomic E-state index is -0.536. The average Bonchev–Trinajstić information content (AvgIpc) is 2.48. The molecule has 106 valence electrons. The molecule has 2 aromatic rings. The van der Waals surface area contributed by atoms with E-state index in [4.69, 9.17) is 16.3 Å². The van der Waals surface area contributed by atoms with E-state index in [0.717, 1.165) is 17.5 Å². The van der Waals surface area contributed by atoms with Crippen LogP contribution in [-0.2, 0) is 17.6 Å². The number of aliphatic hydroxyl groups excluding tert-OH is 1. The van der Waals surface area contributed by atoms with Crippen LogP contribution in [0.25, 0.3) is 0 Å². The summed E-state index contributed by atoms with van der Waals surface area (Å²) < 4.78 is 5.05. The molecular formula is C17H19ClO2. The van der Waals surface area contributed by atoms with Crippen molar-refractivity contribution >= 4 is 11.6 Å². The number of aliphatic hydroxyl groups is 1. The summed E-state index contributed by atoms with van der Waals surface area (Å²) in [6, 6.07) is 15.6. The number of methoxy groups -OCH3 is 1. The summed E-state index contributed by atoms with van der Waals surface area (Å²) in [7, 11) is 1.70. The molecule has 0 aliphatic carbocycles. The Labute approximate surface area is 125 Å². The molecule has 0 bridgehead atoms. The van der Waals surface area contributed by atoms with E-state index in [1.807, 2.05) is 48.5 Å². The smallest absolute Gasteiger partial charge is 0.0830 e. The van der Waals surface area contributed by atoms with E-state index in [1.54, 1.807) is 7.11 Å². The zero-order chi connectivity index (χ0) is 14.4. The van der Waals surface area contributed by atoms with Gasteiger partial charge in [-0.1, -0.05) is 54.1 Å². The van der Waals surface area contributed by atoms with E-state index in [1.165, 1.54) is 5.56 Å². The van der Waals surface area contributed by atoms with Gasteiger partial charge in [-0.2, -0.15) is 0 Å². The highest BCUT2D eigenvalue weighted by Gasteiger charge is 2.10. The molecule has 0 aromatic heterocycles. The van der Waals surface area contributed by atoms with Gasteiger partial charge in [-0.3, -0.25) is 0 Å². The number of ether oxygens (including phenoxy) is 1. The monoisotopic (exact) mass is 290 g/mol. The molecule has 1 unspecified atom stereocenters. The SMILES string of the molecule is COCCc1ccc(C(O)Cc2ccccc2Cl)cc1. The molecule has 2 aromatic carbocycles. The molecule has 2 rings (SSSR count). The van der Waals surface area contributed by atoms with Crippen molar-refractivity contribution in [3.63, 3.8) is 0 Å². The Balaban J connectivity index is 2.02. The first-order chi connectivity index (χ1) is 9.70. The molecule has 0 saturated carbocycles. The molecule has 3 heteroatoms. The van der Waals surface area contributed by atoms with Gasteiger partial charge in [0.05, 0.1) is 12.7 Å². The second kappa shape index (κ2) is 7.44. The summed E-state index contributed by atoms with van der Waals surface area (Å²) in [6.07, 6.45) is 0.875. The second-order valence-corrected chi connectivity index (χ2v) is 5.20. The molecule has 0 radical (unpaired) electrons. The summed E-state index contributed by atoms with van der Waals surface area (Å²) >= 11 is 6.11. The third-order valence-electron chi connectivity index (χ3n) is 3.33. The first-order valence-electron chi connectivity index (χ1n) is 6.70. The zero-order valence-corrected chi connectivity index (χ0v) is 12.3. The van der Waals surface area contributed by atoms with Gasteiger partial charge in [0.25, 0.3) is 0 Å². The van der Waals surface area contributed by atoms with Crippen LogP contribution in [0.1, 0.15) is 22.8 Å². The van der Waals surface area contributed by atoms with Gasteiger partial charge >= 0.3 is 0 Å². The average molecular weight is 291 g/mol. The van der Waals surface area contributed by atoms with Crippen molar-refractivity contribution in [3.8, 4) is 0 Å². The molecule has 1 N–H and O–H groups in total. The lowest BCUT2D eigenvalue weighted by Crippen LogP contribution is -2.03. The van der Waals surface area contributed by atoms with Crippen LogP contribution in [0.4, 0.5) is 0 Å². The van der Waals surface area contributed by atoms with Crippen molar-refractivity contribution in [2.24, 2.45) is 0 Å². The van der Waals surface area contributed by atoms with E-state index >= 15 is 0 Å². The molecule has 0 aliphatic rings. The van der Waals surface area contributed by atoms with Crippen LogP contribution in [0.15, 0.2) is 48.5 Å². The van der Waals surface area contributed by atoms with E-state index < -0.39 is 6.10 Å². The quantitative estimate of drug-likeness (QED) is 0.877. The lowest BCUT2D eigenvalue weighted by Gasteiger charge is -2.13. The van der Waals surface area contributed by atoms with E-state index in [2.05, 4.69) is 0 Å². The molecule has 20 heavy (non-hydrogen) atoms. The van der Waals surface area contributed by atoms with E-state index in [9.17, 15) is 5.11 Å². The Bertz CT molecular complexity index is 537. The molecule has 0 saturated heterocycles. The van der Waals surface area contributed by atoms with Crippen molar-refractivity contribution in [3.05, 3.63) is 70.2 Å². The normalized spacial score (nSPS) is 12.3. The topological polar surface area (TPSA) is 29.5 Å². The number of rotatable bonds is 6. The highest BCUT2D eigenvalue weighted by atomic mass is 35.5. The number of hydrogen-bond donors (Lipinski definition) is 1. The second-order valence-electron chi connectivity index (χ2n) is 4.80. The maximum absolute atomic E-state index is 10.3. The molecule has 0 heterocycles. The van der Waals surface area contributed by atoms with Crippen molar-refractivity contribution in [1.82, 2.24) is 0 Å². The predicted molar refractivity (Wildman–Crippen MR) is 82.1 cm³/mol. The summed E-state index contributed by atoms with van der Waals surface area (Å²) in [5.74, 6) is 0. The predicted octanol–water partition coefficient (Wildman–Crippen LogP) is 3.81. The van der Waals surface area contributed by atoms with E-state index in [-0.39, 0.29) is 0 Å². The van der Waals surface area contributed by atoms with Gasteiger partial charge in [0.1, 0.15) is 0 Å². The highest BCUT2D eigenvalue weighted by Crippen LogP contribution is 2.23. The van der Waals surface area contributed by atoms with Crippen LogP contribution in [0, 0.1) is 0 Å². The fourth-order valence-corrected chi connectivity index (χ4v) is 2.33. The maximum Gasteiger partial charge on any atom is 0.0830 e. The lowest BCUT2D eigenvalue weighted by atomic mass is 10.00. The minimum absolute atomic E-state index is 0.525. The Morgan fingerprint density at radius 1 is 1.10 bits per heavy atom. The van der Waals surface area contributed by atoms with Crippen molar-refractivity contribution < 1.29 is 9.84 Å². The summed E-state index contributed by atoms with van der Waals surface area (Å²) in [5, 5.41) is 11.0. The van der Waals surface area contributed by atoms with Gasteiger partial charge < -0.3 is 9.84 Å². The Morgan fingerprint density at radius 2 is 1.80 bits per heavy atom. The first kappa shape index (κ1) is 15.0. The Kier molecular flexibility index (Phi) is 5.60. The van der Waals surface area contributed by atoms with Crippen molar-refractivity contribution in [1.29, 1.82) is 0 Å². The third-order valence-corrected chi connectivity index (χ3v) is 3.70. The van der Waals surface area contributed by atoms with Crippen LogP contribution < -0.4 is 0 Å². The fourth-order valence-electron chi connectivity index (χ4n) is 2.12. The van der Waals surface area contributed by atoms with Crippen LogP contribution >= 0.6 is 11.6 Å². The molecule has 2 nitrogen and oxygen atoms in total. The van der Waals surface area contributed by atoms with Crippen LogP contribution in [-0.4, -0.2) is 18.8 Å². The van der Waals surface area contributed by atoms with E-state index in [0.29, 0.717) is 18.1 Å². The summed E-state index contributed by atoms with van der Waals surface area (Å²) in [5.41, 5.74) is 3.08. The molecule has 0 spiro atoms. The van der Waals surface area contributed by atoms with Gasteiger partial charge in [0, 0.05) is 18.6 Å². The van der Waals surface area contributed by atoms with Gasteiger partial charge in [-0.25, -0.2) is 0 Å². The summed E-state index contributed by atoms with van der Waals surface area (Å²) in [6.45, 7) is 0.710. The molecule has 1 atom stereocenters. The maximum atomic E-state index is 10.3. The van der Waals surface area contributed by atoms with Crippen molar-refractivity contribution in [2.45, 2.75) is 18.9 Å². The number of halogens is 1. The minimum Gasteiger partial charge on any atom is -0.388 e. The van der Waals surface area contributed by atoms with Gasteiger partial charge in [-0.05, 0) is 29.2 Å². The van der Waals surface area contributed by atoms with Gasteiger partial charge in [-0.15, -0.1) is 0 Å². The standard InChI is InChI=1S/C17H19ClO2/c1-20-11-10-13-6-8-14(9-7-13)17(19)12-15-4-2-3-5-16(15)18/h2-9,17,19H,10-12H2,1H3. The number of benzene rings is 2. The number of hydrogen-bond acceptors (Lipinski definition) is 2. The Morgan fingerprint density at radius 3 is 2.45 bits per heavy atom. The third kappa shape index (κ3) is 4.07. The molecule has 0 fully saturated rings. The van der Waals surface area contributed by atoms with Gasteiger partial charge in [0.2, 0.25) is 0 Å². The molecule has 0 aliphatic heterocycles. The van der Waals surface area contributed by atoms with Crippen LogP contribution in [0.5, 0.6) is 0 Å². The summed E-state index contributed by atoms with van der Waals surface area (Å²) in [4.78, 5) is 0. The van der Waals surface area contributed by atoms with Gasteiger partial charge in [0.15, 0.2) is 0 Å². The molecular weight excluding hydrogens is 272 g/mol. The highest BCUT2D eigenvalue weighted by molar-refractivity contribution is 6.31. The zero-order valence-electron chi connectivity index (χ0n) is 11.6. The Hall–Kier alpha value is -1.35. The first-order valence-corrected chi connectivity index (χ1v) is 7.07. The van der Waals surface area contributed by atoms with Crippen molar-refractivity contribution in [2.75, 3.05) is 13.7 Å². The molecule has 0 amide bonds. The van der Waals surface area contributed by atoms with Crippen LogP contribution in [0.2, 0.25) is 5.02 Å². The fraction of sp³-hybridized carbons (Fsp3) is 0.294. The lowest BCUT2D eigenvalue weighted by molar-refractivity contribution is 0.178. The van der Waals surface area contributed by atoms with Crippen LogP contribution in [0.3, 0.4) is 0 Å². The largest absolute Gasteiger partial charge is 0.388 e.